The number of furan rings is 1. The van der Waals surface area contributed by atoms with Gasteiger partial charge < -0.3 is 20.4 Å². The molecule has 4 aromatic rings. The second-order valence-corrected chi connectivity index (χ2v) is 7.84. The van der Waals surface area contributed by atoms with E-state index in [0.29, 0.717) is 26.8 Å². The van der Waals surface area contributed by atoms with Crippen LogP contribution in [0.15, 0.2) is 77.7 Å². The summed E-state index contributed by atoms with van der Waals surface area (Å²) in [5.41, 5.74) is 2.21. The number of benzene rings is 1. The van der Waals surface area contributed by atoms with Crippen LogP contribution >= 0.6 is 11.3 Å². The largest absolute Gasteiger partial charge is 0.459 e. The molecule has 9 heteroatoms. The molecule has 4 rings (SSSR count). The third-order valence-corrected chi connectivity index (χ3v) is 5.56. The molecule has 0 fully saturated rings. The van der Waals surface area contributed by atoms with Gasteiger partial charge in [0.1, 0.15) is 0 Å². The van der Waals surface area contributed by atoms with Gasteiger partial charge >= 0.3 is 0 Å². The number of rotatable bonds is 6. The number of nitrogens with one attached hydrogen (secondary N) is 3. The molecule has 0 atom stereocenters. The Bertz CT molecular complexity index is 1270. The van der Waals surface area contributed by atoms with Crippen LogP contribution in [0.2, 0.25) is 0 Å². The number of nitrogens with zero attached hydrogens (tertiary/aromatic N) is 1. The summed E-state index contributed by atoms with van der Waals surface area (Å²) >= 11 is 1.16. The summed E-state index contributed by atoms with van der Waals surface area (Å²) < 4.78 is 5.08. The fourth-order valence-corrected chi connectivity index (χ4v) is 3.88. The Balaban J connectivity index is 1.43. The van der Waals surface area contributed by atoms with Crippen molar-refractivity contribution in [3.05, 3.63) is 95.0 Å². The van der Waals surface area contributed by atoms with Gasteiger partial charge in [-0.15, -0.1) is 11.3 Å². The molecule has 32 heavy (non-hydrogen) atoms. The third-order valence-electron chi connectivity index (χ3n) is 4.41. The predicted molar refractivity (Wildman–Crippen MR) is 122 cm³/mol. The van der Waals surface area contributed by atoms with Crippen LogP contribution in [0.25, 0.3) is 0 Å². The van der Waals surface area contributed by atoms with Gasteiger partial charge in [-0.2, -0.15) is 0 Å². The lowest BCUT2D eigenvalue weighted by molar-refractivity contribution is 0.0993. The lowest BCUT2D eigenvalue weighted by Crippen LogP contribution is -2.14. The molecule has 0 aliphatic heterocycles. The minimum Gasteiger partial charge on any atom is -0.459 e. The Kier molecular flexibility index (Phi) is 6.09. The zero-order chi connectivity index (χ0) is 22.5. The standard InChI is InChI=1S/C23H18N4O4S/c1-14-11-19(27-22(29)18-8-4-10-31-18)32-20(14)23(30)26-17-7-2-6-16(12-17)25-21(28)15-5-3-9-24-13-15/h2-13H,1H3,(H,25,28)(H,26,30)(H,27,29). The van der Waals surface area contributed by atoms with E-state index in [2.05, 4.69) is 20.9 Å². The average molecular weight is 446 g/mol. The van der Waals surface area contributed by atoms with Crippen LogP contribution in [0.4, 0.5) is 16.4 Å². The minimum absolute atomic E-state index is 0.187. The summed E-state index contributed by atoms with van der Waals surface area (Å²) in [6.45, 7) is 1.79. The Labute approximate surface area is 187 Å². The van der Waals surface area contributed by atoms with Gasteiger partial charge in [-0.05, 0) is 61.0 Å². The monoisotopic (exact) mass is 446 g/mol. The van der Waals surface area contributed by atoms with Crippen LogP contribution < -0.4 is 16.0 Å². The molecular weight excluding hydrogens is 428 g/mol. The van der Waals surface area contributed by atoms with Crippen molar-refractivity contribution in [1.29, 1.82) is 0 Å². The molecule has 8 nitrogen and oxygen atoms in total. The van der Waals surface area contributed by atoms with E-state index in [9.17, 15) is 14.4 Å². The number of carbonyl (C=O) groups is 3. The highest BCUT2D eigenvalue weighted by Gasteiger charge is 2.17. The molecule has 0 saturated heterocycles. The van der Waals surface area contributed by atoms with Crippen molar-refractivity contribution in [2.24, 2.45) is 0 Å². The van der Waals surface area contributed by atoms with E-state index in [-0.39, 0.29) is 23.5 Å². The van der Waals surface area contributed by atoms with Gasteiger partial charge in [-0.1, -0.05) is 6.07 Å². The van der Waals surface area contributed by atoms with E-state index >= 15 is 0 Å². The van der Waals surface area contributed by atoms with E-state index in [0.717, 1.165) is 16.9 Å². The summed E-state index contributed by atoms with van der Waals surface area (Å²) in [5, 5.41) is 8.86. The molecule has 0 radical (unpaired) electrons. The molecule has 3 N–H and O–H groups in total. The van der Waals surface area contributed by atoms with E-state index in [4.69, 9.17) is 4.42 Å². The van der Waals surface area contributed by atoms with Gasteiger partial charge in [-0.3, -0.25) is 19.4 Å². The SMILES string of the molecule is Cc1cc(NC(=O)c2ccco2)sc1C(=O)Nc1cccc(NC(=O)c2cccnc2)c1. The fourth-order valence-electron chi connectivity index (χ4n) is 2.91. The molecule has 1 aromatic carbocycles. The average Bonchev–Trinajstić information content (AvgIpc) is 3.45. The van der Waals surface area contributed by atoms with E-state index in [1.54, 1.807) is 67.7 Å². The van der Waals surface area contributed by atoms with Crippen molar-refractivity contribution < 1.29 is 18.8 Å². The maximum absolute atomic E-state index is 12.8. The maximum Gasteiger partial charge on any atom is 0.291 e. The zero-order valence-corrected chi connectivity index (χ0v) is 17.7. The van der Waals surface area contributed by atoms with Gasteiger partial charge in [0.25, 0.3) is 17.7 Å². The van der Waals surface area contributed by atoms with E-state index in [1.165, 1.54) is 12.5 Å². The van der Waals surface area contributed by atoms with Crippen molar-refractivity contribution in [2.45, 2.75) is 6.92 Å². The van der Waals surface area contributed by atoms with Crippen LogP contribution in [-0.2, 0) is 0 Å². The highest BCUT2D eigenvalue weighted by atomic mass is 32.1. The number of hydrogen-bond acceptors (Lipinski definition) is 6. The molecule has 0 bridgehead atoms. The maximum atomic E-state index is 12.8. The smallest absolute Gasteiger partial charge is 0.291 e. The highest BCUT2D eigenvalue weighted by Crippen LogP contribution is 2.28. The number of anilines is 3. The Hall–Kier alpha value is -4.24. The molecule has 0 spiro atoms. The zero-order valence-electron chi connectivity index (χ0n) is 16.9. The predicted octanol–water partition coefficient (Wildman–Crippen LogP) is 4.80. The van der Waals surface area contributed by atoms with Gasteiger partial charge in [0.15, 0.2) is 5.76 Å². The van der Waals surface area contributed by atoms with Crippen molar-refractivity contribution in [2.75, 3.05) is 16.0 Å². The van der Waals surface area contributed by atoms with Crippen molar-refractivity contribution >= 4 is 45.4 Å². The van der Waals surface area contributed by atoms with Crippen LogP contribution in [0, 0.1) is 6.92 Å². The summed E-state index contributed by atoms with van der Waals surface area (Å²) in [4.78, 5) is 41.6. The third kappa shape index (κ3) is 4.90. The van der Waals surface area contributed by atoms with Crippen LogP contribution in [0.1, 0.15) is 36.1 Å². The Morgan fingerprint density at radius 2 is 1.66 bits per heavy atom. The summed E-state index contributed by atoms with van der Waals surface area (Å²) in [5.74, 6) is -0.818. The normalized spacial score (nSPS) is 10.4. The molecular formula is C23H18N4O4S. The summed E-state index contributed by atoms with van der Waals surface area (Å²) in [7, 11) is 0. The Morgan fingerprint density at radius 1 is 0.875 bits per heavy atom. The summed E-state index contributed by atoms with van der Waals surface area (Å²) in [6.07, 6.45) is 4.48. The van der Waals surface area contributed by atoms with Crippen LogP contribution in [-0.4, -0.2) is 22.7 Å². The first-order chi connectivity index (χ1) is 15.5. The van der Waals surface area contributed by atoms with Gasteiger partial charge in [0, 0.05) is 23.8 Å². The van der Waals surface area contributed by atoms with Crippen molar-refractivity contribution in [3.8, 4) is 0 Å². The molecule has 3 heterocycles. The second kappa shape index (κ2) is 9.27. The van der Waals surface area contributed by atoms with Crippen molar-refractivity contribution in [3.63, 3.8) is 0 Å². The number of aryl methyl sites for hydroxylation is 1. The molecule has 3 aromatic heterocycles. The van der Waals surface area contributed by atoms with Crippen LogP contribution in [0.5, 0.6) is 0 Å². The first-order valence-electron chi connectivity index (χ1n) is 9.57. The molecule has 0 aliphatic carbocycles. The second-order valence-electron chi connectivity index (χ2n) is 6.78. The van der Waals surface area contributed by atoms with Crippen LogP contribution in [0.3, 0.4) is 0 Å². The molecule has 0 saturated carbocycles. The van der Waals surface area contributed by atoms with E-state index < -0.39 is 0 Å². The lowest BCUT2D eigenvalue weighted by Gasteiger charge is -2.09. The first kappa shape index (κ1) is 21.0. The van der Waals surface area contributed by atoms with Gasteiger partial charge in [0.2, 0.25) is 0 Å². The fraction of sp³-hybridized carbons (Fsp3) is 0.0435. The summed E-state index contributed by atoms with van der Waals surface area (Å²) in [6, 6.07) is 15.1. The lowest BCUT2D eigenvalue weighted by atomic mass is 10.2. The minimum atomic E-state index is -0.389. The highest BCUT2D eigenvalue weighted by molar-refractivity contribution is 7.18. The number of carbonyl (C=O) groups excluding carboxylic acids is 3. The number of hydrogen-bond donors (Lipinski definition) is 3. The molecule has 160 valence electrons. The van der Waals surface area contributed by atoms with E-state index in [1.807, 2.05) is 0 Å². The molecule has 0 aliphatic rings. The quantitative estimate of drug-likeness (QED) is 0.394. The number of amides is 3. The topological polar surface area (TPSA) is 113 Å². The van der Waals surface area contributed by atoms with Crippen molar-refractivity contribution in [1.82, 2.24) is 4.98 Å². The van der Waals surface area contributed by atoms with Gasteiger partial charge in [-0.25, -0.2) is 0 Å². The first-order valence-corrected chi connectivity index (χ1v) is 10.4. The molecule has 3 amide bonds. The molecule has 0 unspecified atom stereocenters. The number of thiophene rings is 1. The van der Waals surface area contributed by atoms with Gasteiger partial charge in [0.05, 0.1) is 21.7 Å². The number of aromatic nitrogens is 1. The number of pyridine rings is 1. The Morgan fingerprint density at radius 3 is 2.34 bits per heavy atom.